The number of likely N-dealkylation sites (tertiary alicyclic amines) is 1. The van der Waals surface area contributed by atoms with Crippen LogP contribution in [0.5, 0.6) is 11.5 Å². The summed E-state index contributed by atoms with van der Waals surface area (Å²) in [6, 6.07) is 13.4. The van der Waals surface area contributed by atoms with Gasteiger partial charge in [0, 0.05) is 45.3 Å². The summed E-state index contributed by atoms with van der Waals surface area (Å²) in [6.07, 6.45) is 2.53. The molecule has 0 aliphatic carbocycles. The molecule has 34 heavy (non-hydrogen) atoms. The average Bonchev–Trinajstić information content (AvgIpc) is 3.40. The minimum atomic E-state index is -0.101. The molecule has 4 rings (SSSR count). The first kappa shape index (κ1) is 23.9. The summed E-state index contributed by atoms with van der Waals surface area (Å²) in [5.41, 5.74) is 2.92. The van der Waals surface area contributed by atoms with E-state index < -0.39 is 0 Å². The minimum absolute atomic E-state index is 0.0925. The van der Waals surface area contributed by atoms with E-state index in [9.17, 15) is 9.59 Å². The molecule has 2 aromatic rings. The van der Waals surface area contributed by atoms with Gasteiger partial charge in [0.2, 0.25) is 0 Å². The maximum atomic E-state index is 13.0. The first-order valence-electron chi connectivity index (χ1n) is 11.9. The second-order valence-electron chi connectivity index (χ2n) is 8.76. The van der Waals surface area contributed by atoms with Crippen LogP contribution < -0.4 is 14.8 Å². The zero-order chi connectivity index (χ0) is 23.9. The highest BCUT2D eigenvalue weighted by molar-refractivity contribution is 5.97. The van der Waals surface area contributed by atoms with Crippen LogP contribution in [0.3, 0.4) is 0 Å². The van der Waals surface area contributed by atoms with E-state index in [1.807, 2.05) is 6.07 Å². The van der Waals surface area contributed by atoms with Crippen LogP contribution in [-0.2, 0) is 13.1 Å². The molecule has 8 nitrogen and oxygen atoms in total. The molecule has 0 saturated carbocycles. The van der Waals surface area contributed by atoms with Gasteiger partial charge in [0.1, 0.15) is 11.5 Å². The van der Waals surface area contributed by atoms with Gasteiger partial charge in [-0.3, -0.25) is 9.69 Å². The van der Waals surface area contributed by atoms with Gasteiger partial charge in [-0.2, -0.15) is 0 Å². The number of hydrogen-bond acceptors (Lipinski definition) is 5. The highest BCUT2D eigenvalue weighted by Crippen LogP contribution is 2.26. The maximum Gasteiger partial charge on any atom is 0.317 e. The lowest BCUT2D eigenvalue weighted by Gasteiger charge is -2.35. The third kappa shape index (κ3) is 5.62. The molecule has 2 aromatic carbocycles. The van der Waals surface area contributed by atoms with Crippen molar-refractivity contribution in [2.45, 2.75) is 25.9 Å². The Morgan fingerprint density at radius 1 is 0.853 bits per heavy atom. The Bertz CT molecular complexity index is 998. The molecular formula is C26H34N4O4. The molecule has 2 fully saturated rings. The number of nitrogens with zero attached hydrogens (tertiary/aromatic N) is 3. The predicted molar refractivity (Wildman–Crippen MR) is 130 cm³/mol. The fraction of sp³-hybridized carbons (Fsp3) is 0.462. The highest BCUT2D eigenvalue weighted by Gasteiger charge is 2.26. The van der Waals surface area contributed by atoms with Crippen LogP contribution in [0.2, 0.25) is 0 Å². The molecule has 0 radical (unpaired) electrons. The van der Waals surface area contributed by atoms with Crippen molar-refractivity contribution in [3.8, 4) is 11.5 Å². The van der Waals surface area contributed by atoms with Gasteiger partial charge in [0.05, 0.1) is 19.8 Å². The molecule has 1 N–H and O–H groups in total. The van der Waals surface area contributed by atoms with Crippen LogP contribution in [0.15, 0.2) is 42.5 Å². The van der Waals surface area contributed by atoms with Gasteiger partial charge in [-0.25, -0.2) is 4.79 Å². The van der Waals surface area contributed by atoms with Gasteiger partial charge in [-0.15, -0.1) is 0 Å². The van der Waals surface area contributed by atoms with E-state index in [-0.39, 0.29) is 11.9 Å². The molecule has 182 valence electrons. The second kappa shape index (κ2) is 11.2. The van der Waals surface area contributed by atoms with E-state index in [1.54, 1.807) is 35.1 Å². The number of nitrogens with one attached hydrogen (secondary N) is 1. The monoisotopic (exact) mass is 466 g/mol. The van der Waals surface area contributed by atoms with Crippen molar-refractivity contribution in [1.82, 2.24) is 20.0 Å². The molecule has 8 heteroatoms. The Hall–Kier alpha value is -3.26. The van der Waals surface area contributed by atoms with E-state index in [0.717, 1.165) is 25.2 Å². The van der Waals surface area contributed by atoms with Crippen LogP contribution in [0.25, 0.3) is 0 Å². The van der Waals surface area contributed by atoms with Crippen molar-refractivity contribution in [2.24, 2.45) is 0 Å². The number of amides is 3. The molecule has 2 aliphatic rings. The molecule has 2 saturated heterocycles. The number of carbonyl (C=O) groups is 2. The van der Waals surface area contributed by atoms with E-state index in [0.29, 0.717) is 49.8 Å². The maximum absolute atomic E-state index is 13.0. The molecule has 0 atom stereocenters. The second-order valence-corrected chi connectivity index (χ2v) is 8.76. The number of methoxy groups -OCH3 is 2. The summed E-state index contributed by atoms with van der Waals surface area (Å²) in [4.78, 5) is 31.8. The standard InChI is InChI=1S/C26H34N4O4/c1-33-22-9-10-23(24(17-22)34-2)25(31)29-13-15-30(16-14-29)26(32)27-18-20-7-3-4-8-21(20)19-28-11-5-6-12-28/h3-4,7-10,17H,5-6,11-16,18-19H2,1-2H3,(H,27,32). The Morgan fingerprint density at radius 2 is 1.53 bits per heavy atom. The summed E-state index contributed by atoms with van der Waals surface area (Å²) in [5.74, 6) is 1.02. The first-order chi connectivity index (χ1) is 16.6. The number of urea groups is 1. The number of hydrogen-bond donors (Lipinski definition) is 1. The first-order valence-corrected chi connectivity index (χ1v) is 11.9. The summed E-state index contributed by atoms with van der Waals surface area (Å²) < 4.78 is 10.6. The molecule has 0 spiro atoms. The van der Waals surface area contributed by atoms with Crippen LogP contribution in [0.1, 0.15) is 34.3 Å². The molecular weight excluding hydrogens is 432 g/mol. The largest absolute Gasteiger partial charge is 0.497 e. The molecule has 2 heterocycles. The Morgan fingerprint density at radius 3 is 2.21 bits per heavy atom. The van der Waals surface area contributed by atoms with Gasteiger partial charge in [0.15, 0.2) is 0 Å². The number of benzene rings is 2. The zero-order valence-corrected chi connectivity index (χ0v) is 20.1. The van der Waals surface area contributed by atoms with Crippen molar-refractivity contribution in [2.75, 3.05) is 53.5 Å². The quantitative estimate of drug-likeness (QED) is 0.679. The highest BCUT2D eigenvalue weighted by atomic mass is 16.5. The Labute approximate surface area is 201 Å². The minimum Gasteiger partial charge on any atom is -0.497 e. The summed E-state index contributed by atoms with van der Waals surface area (Å²) in [7, 11) is 3.11. The van der Waals surface area contributed by atoms with Gasteiger partial charge in [0.25, 0.3) is 5.91 Å². The Kier molecular flexibility index (Phi) is 7.90. The van der Waals surface area contributed by atoms with Gasteiger partial charge in [-0.05, 0) is 49.2 Å². The summed E-state index contributed by atoms with van der Waals surface area (Å²) in [5, 5.41) is 3.07. The Balaban J connectivity index is 1.29. The topological polar surface area (TPSA) is 74.4 Å². The van der Waals surface area contributed by atoms with Crippen LogP contribution >= 0.6 is 0 Å². The lowest BCUT2D eigenvalue weighted by Crippen LogP contribution is -2.53. The van der Waals surface area contributed by atoms with E-state index in [1.165, 1.54) is 25.5 Å². The zero-order valence-electron chi connectivity index (χ0n) is 20.1. The third-order valence-electron chi connectivity index (χ3n) is 6.63. The van der Waals surface area contributed by atoms with Crippen molar-refractivity contribution in [3.05, 3.63) is 59.2 Å². The van der Waals surface area contributed by atoms with Gasteiger partial charge < -0.3 is 24.6 Å². The van der Waals surface area contributed by atoms with Crippen LogP contribution in [0.4, 0.5) is 4.79 Å². The third-order valence-corrected chi connectivity index (χ3v) is 6.63. The van der Waals surface area contributed by atoms with Crippen molar-refractivity contribution < 1.29 is 19.1 Å². The lowest BCUT2D eigenvalue weighted by molar-refractivity contribution is 0.0661. The molecule has 0 unspecified atom stereocenters. The van der Waals surface area contributed by atoms with Crippen molar-refractivity contribution in [1.29, 1.82) is 0 Å². The van der Waals surface area contributed by atoms with Crippen molar-refractivity contribution >= 4 is 11.9 Å². The number of ether oxygens (including phenoxy) is 2. The number of carbonyl (C=O) groups excluding carboxylic acids is 2. The lowest BCUT2D eigenvalue weighted by atomic mass is 10.1. The SMILES string of the molecule is COc1ccc(C(=O)N2CCN(C(=O)NCc3ccccc3CN3CCCC3)CC2)c(OC)c1. The van der Waals surface area contributed by atoms with Crippen LogP contribution in [0, 0.1) is 0 Å². The average molecular weight is 467 g/mol. The summed E-state index contributed by atoms with van der Waals surface area (Å²) >= 11 is 0. The number of rotatable bonds is 7. The van der Waals surface area contributed by atoms with Crippen LogP contribution in [-0.4, -0.2) is 80.1 Å². The fourth-order valence-electron chi connectivity index (χ4n) is 4.61. The van der Waals surface area contributed by atoms with E-state index >= 15 is 0 Å². The summed E-state index contributed by atoms with van der Waals surface area (Å²) in [6.45, 7) is 5.67. The van der Waals surface area contributed by atoms with Crippen molar-refractivity contribution in [3.63, 3.8) is 0 Å². The fourth-order valence-corrected chi connectivity index (χ4v) is 4.61. The van der Waals surface area contributed by atoms with E-state index in [2.05, 4.69) is 28.4 Å². The number of piperazine rings is 1. The molecule has 0 bridgehead atoms. The van der Waals surface area contributed by atoms with E-state index in [4.69, 9.17) is 9.47 Å². The molecule has 3 amide bonds. The predicted octanol–water partition coefficient (Wildman–Crippen LogP) is 2.97. The molecule has 2 aliphatic heterocycles. The molecule has 0 aromatic heterocycles. The van der Waals surface area contributed by atoms with Gasteiger partial charge in [-0.1, -0.05) is 24.3 Å². The van der Waals surface area contributed by atoms with Gasteiger partial charge >= 0.3 is 6.03 Å². The normalized spacial score (nSPS) is 16.4. The smallest absolute Gasteiger partial charge is 0.317 e.